The van der Waals surface area contributed by atoms with E-state index in [4.69, 9.17) is 5.11 Å². The molecule has 1 atom stereocenters. The first kappa shape index (κ1) is 16.7. The van der Waals surface area contributed by atoms with Gasteiger partial charge >= 0.3 is 12.1 Å². The molecule has 0 amide bonds. The first-order chi connectivity index (χ1) is 10.0. The highest BCUT2D eigenvalue weighted by Gasteiger charge is 2.41. The fourth-order valence-electron chi connectivity index (χ4n) is 2.28. The molecule has 2 rings (SSSR count). The van der Waals surface area contributed by atoms with Crippen molar-refractivity contribution in [1.29, 1.82) is 0 Å². The van der Waals surface area contributed by atoms with Gasteiger partial charge < -0.3 is 5.11 Å². The Morgan fingerprint density at radius 3 is 2.50 bits per heavy atom. The lowest BCUT2D eigenvalue weighted by atomic mass is 10.2. The van der Waals surface area contributed by atoms with E-state index in [9.17, 15) is 30.8 Å². The van der Waals surface area contributed by atoms with E-state index in [0.717, 1.165) is 0 Å². The van der Waals surface area contributed by atoms with Crippen LogP contribution in [-0.4, -0.2) is 36.4 Å². The molecule has 1 heterocycles. The number of carboxylic acids is 1. The molecule has 0 aliphatic carbocycles. The molecule has 1 aliphatic heterocycles. The summed E-state index contributed by atoms with van der Waals surface area (Å²) in [5, 5.41) is 8.97. The Morgan fingerprint density at radius 2 is 1.95 bits per heavy atom. The average molecular weight is 341 g/mol. The molecule has 122 valence electrons. The molecule has 0 bridgehead atoms. The minimum atomic E-state index is -4.84. The van der Waals surface area contributed by atoms with E-state index in [0.29, 0.717) is 16.4 Å². The number of hydrogen-bond acceptors (Lipinski definition) is 3. The van der Waals surface area contributed by atoms with Crippen molar-refractivity contribution in [2.45, 2.75) is 30.0 Å². The summed E-state index contributed by atoms with van der Waals surface area (Å²) in [4.78, 5) is 9.85. The quantitative estimate of drug-likeness (QED) is 0.854. The van der Waals surface area contributed by atoms with Crippen molar-refractivity contribution in [1.82, 2.24) is 4.31 Å². The second-order valence-electron chi connectivity index (χ2n) is 4.75. The number of nitrogens with zero attached hydrogens (tertiary/aromatic N) is 1. The third kappa shape index (κ3) is 2.93. The summed E-state index contributed by atoms with van der Waals surface area (Å²) in [6.45, 7) is -0.186. The van der Waals surface area contributed by atoms with Crippen molar-refractivity contribution in [2.24, 2.45) is 0 Å². The molecule has 0 aromatic heterocycles. The predicted octanol–water partition coefficient (Wildman–Crippen LogP) is 2.08. The minimum Gasteiger partial charge on any atom is -0.480 e. The van der Waals surface area contributed by atoms with E-state index >= 15 is 0 Å². The van der Waals surface area contributed by atoms with E-state index < -0.39 is 44.5 Å². The fraction of sp³-hybridized carbons (Fsp3) is 0.417. The van der Waals surface area contributed by atoms with E-state index in [-0.39, 0.29) is 25.5 Å². The summed E-state index contributed by atoms with van der Waals surface area (Å²) >= 11 is 0. The summed E-state index contributed by atoms with van der Waals surface area (Å²) in [6, 6.07) is -0.393. The maximum absolute atomic E-state index is 13.7. The molecule has 1 unspecified atom stereocenters. The molecule has 0 radical (unpaired) electrons. The molecule has 5 nitrogen and oxygen atoms in total. The second kappa shape index (κ2) is 5.51. The van der Waals surface area contributed by atoms with Gasteiger partial charge in [-0.1, -0.05) is 0 Å². The molecule has 0 spiro atoms. The summed E-state index contributed by atoms with van der Waals surface area (Å²) < 4.78 is 76.8. The van der Waals surface area contributed by atoms with Gasteiger partial charge in [0.15, 0.2) is 0 Å². The van der Waals surface area contributed by atoms with Gasteiger partial charge in [-0.15, -0.1) is 0 Å². The lowest BCUT2D eigenvalue weighted by Gasteiger charge is -2.21. The Labute approximate surface area is 123 Å². The second-order valence-corrected chi connectivity index (χ2v) is 6.61. The Kier molecular flexibility index (Phi) is 4.18. The highest BCUT2D eigenvalue weighted by Crippen LogP contribution is 2.34. The van der Waals surface area contributed by atoms with Gasteiger partial charge in [-0.3, -0.25) is 4.79 Å². The van der Waals surface area contributed by atoms with Crippen LogP contribution in [0.25, 0.3) is 0 Å². The number of benzene rings is 1. The number of carbonyl (C=O) groups is 1. The number of alkyl halides is 3. The van der Waals surface area contributed by atoms with Gasteiger partial charge in [-0.25, -0.2) is 12.8 Å². The van der Waals surface area contributed by atoms with Crippen LogP contribution in [0.1, 0.15) is 18.4 Å². The largest absolute Gasteiger partial charge is 0.480 e. The number of sulfonamides is 1. The van der Waals surface area contributed by atoms with Crippen LogP contribution in [-0.2, 0) is 21.0 Å². The van der Waals surface area contributed by atoms with Crippen molar-refractivity contribution in [2.75, 3.05) is 6.54 Å². The van der Waals surface area contributed by atoms with Gasteiger partial charge in [0.25, 0.3) is 0 Å². The van der Waals surface area contributed by atoms with Gasteiger partial charge in [0.05, 0.1) is 5.56 Å². The van der Waals surface area contributed by atoms with Crippen LogP contribution in [0.5, 0.6) is 0 Å². The maximum atomic E-state index is 13.7. The van der Waals surface area contributed by atoms with Crippen LogP contribution in [0.4, 0.5) is 17.6 Å². The molecule has 1 saturated heterocycles. The van der Waals surface area contributed by atoms with Crippen LogP contribution < -0.4 is 0 Å². The zero-order valence-electron chi connectivity index (χ0n) is 11.0. The molecule has 0 saturated carbocycles. The molecular formula is C12H11F4NO4S. The van der Waals surface area contributed by atoms with E-state index in [1.165, 1.54) is 0 Å². The molecule has 10 heteroatoms. The van der Waals surface area contributed by atoms with Crippen molar-refractivity contribution >= 4 is 16.0 Å². The topological polar surface area (TPSA) is 74.7 Å². The standard InChI is InChI=1S/C12H11F4NO4S/c13-8-4-3-7(12(14,15)16)6-10(8)22(20,21)17-5-1-2-9(17)11(18)19/h3-4,6,9H,1-2,5H2,(H,18,19). The first-order valence-corrected chi connectivity index (χ1v) is 7.60. The number of rotatable bonds is 3. The van der Waals surface area contributed by atoms with Gasteiger partial charge in [0, 0.05) is 6.54 Å². The summed E-state index contributed by atoms with van der Waals surface area (Å²) in [6.07, 6.45) is -4.58. The molecule has 1 N–H and O–H groups in total. The highest BCUT2D eigenvalue weighted by atomic mass is 32.2. The number of hydrogen-bond donors (Lipinski definition) is 1. The van der Waals surface area contributed by atoms with E-state index in [2.05, 4.69) is 0 Å². The predicted molar refractivity (Wildman–Crippen MR) is 66.0 cm³/mol. The Morgan fingerprint density at radius 1 is 1.32 bits per heavy atom. The zero-order valence-corrected chi connectivity index (χ0v) is 11.8. The Hall–Kier alpha value is -1.68. The fourth-order valence-corrected chi connectivity index (χ4v) is 4.02. The summed E-state index contributed by atoms with van der Waals surface area (Å²) in [5.41, 5.74) is -1.32. The lowest BCUT2D eigenvalue weighted by molar-refractivity contribution is -0.141. The molecule has 22 heavy (non-hydrogen) atoms. The zero-order chi connectivity index (χ0) is 16.7. The summed E-state index contributed by atoms with van der Waals surface area (Å²) in [7, 11) is -4.67. The smallest absolute Gasteiger partial charge is 0.416 e. The molecule has 1 fully saturated rings. The molecular weight excluding hydrogens is 330 g/mol. The molecule has 1 aliphatic rings. The molecule has 1 aromatic rings. The SMILES string of the molecule is O=C(O)C1CCCN1S(=O)(=O)c1cc(C(F)(F)F)ccc1F. The Balaban J connectivity index is 2.52. The summed E-state index contributed by atoms with van der Waals surface area (Å²) in [5.74, 6) is -2.78. The maximum Gasteiger partial charge on any atom is 0.416 e. The monoisotopic (exact) mass is 341 g/mol. The van der Waals surface area contributed by atoms with Gasteiger partial charge in [-0.05, 0) is 31.0 Å². The van der Waals surface area contributed by atoms with Crippen LogP contribution >= 0.6 is 0 Å². The number of carboxylic acid groups (broad SMARTS) is 1. The normalized spacial score (nSPS) is 20.3. The van der Waals surface area contributed by atoms with Crippen molar-refractivity contribution in [3.05, 3.63) is 29.6 Å². The van der Waals surface area contributed by atoms with Gasteiger partial charge in [0.1, 0.15) is 16.8 Å². The van der Waals surface area contributed by atoms with E-state index in [1.807, 2.05) is 0 Å². The van der Waals surface area contributed by atoms with Crippen molar-refractivity contribution in [3.8, 4) is 0 Å². The van der Waals surface area contributed by atoms with Crippen LogP contribution in [0, 0.1) is 5.82 Å². The van der Waals surface area contributed by atoms with Crippen LogP contribution in [0.2, 0.25) is 0 Å². The number of aliphatic carboxylic acids is 1. The minimum absolute atomic E-state index is 0.0230. The number of halogens is 4. The average Bonchev–Trinajstić information content (AvgIpc) is 2.87. The van der Waals surface area contributed by atoms with Gasteiger partial charge in [0.2, 0.25) is 10.0 Å². The van der Waals surface area contributed by atoms with E-state index in [1.54, 1.807) is 0 Å². The third-order valence-electron chi connectivity index (χ3n) is 3.33. The first-order valence-electron chi connectivity index (χ1n) is 6.16. The van der Waals surface area contributed by atoms with Crippen LogP contribution in [0.3, 0.4) is 0 Å². The van der Waals surface area contributed by atoms with Crippen molar-refractivity contribution in [3.63, 3.8) is 0 Å². The van der Waals surface area contributed by atoms with Crippen molar-refractivity contribution < 1.29 is 35.9 Å². The Bertz CT molecular complexity index is 702. The highest BCUT2D eigenvalue weighted by molar-refractivity contribution is 7.89. The molecule has 1 aromatic carbocycles. The lowest BCUT2D eigenvalue weighted by Crippen LogP contribution is -2.40. The third-order valence-corrected chi connectivity index (χ3v) is 5.26. The van der Waals surface area contributed by atoms with Crippen LogP contribution in [0.15, 0.2) is 23.1 Å². The van der Waals surface area contributed by atoms with Gasteiger partial charge in [-0.2, -0.15) is 17.5 Å².